The van der Waals surface area contributed by atoms with Crippen LogP contribution in [0.15, 0.2) is 65.6 Å². The van der Waals surface area contributed by atoms with E-state index in [1.54, 1.807) is 6.07 Å². The molecule has 2 aromatic heterocycles. The second-order valence-electron chi connectivity index (χ2n) is 20.1. The molecule has 78 heavy (non-hydrogen) atoms. The number of amides is 1. The quantitative estimate of drug-likeness (QED) is 0.0399. The maximum atomic E-state index is 13.9. The van der Waals surface area contributed by atoms with Gasteiger partial charge in [-0.25, -0.2) is 23.1 Å². The summed E-state index contributed by atoms with van der Waals surface area (Å²) in [7, 11) is -17.0. The average molecular weight is 1130 g/mol. The summed E-state index contributed by atoms with van der Waals surface area (Å²) in [6, 6.07) is 12.7. The van der Waals surface area contributed by atoms with Crippen molar-refractivity contribution in [2.45, 2.75) is 91.3 Å². The van der Waals surface area contributed by atoms with Crippen LogP contribution in [0.1, 0.15) is 117 Å². The molecule has 27 heteroatoms. The van der Waals surface area contributed by atoms with Crippen molar-refractivity contribution >= 4 is 74.7 Å². The van der Waals surface area contributed by atoms with E-state index >= 15 is 0 Å². The Hall–Kier alpha value is -6.54. The van der Waals surface area contributed by atoms with Crippen LogP contribution in [0.2, 0.25) is 0 Å². The fourth-order valence-electron chi connectivity index (χ4n) is 10.9. The number of aliphatic hydroxyl groups is 1. The summed E-state index contributed by atoms with van der Waals surface area (Å²) < 4.78 is 63.5. The number of hydrogen-bond donors (Lipinski definition) is 9. The molecule has 1 fully saturated rings. The highest BCUT2D eigenvalue weighted by atomic mass is 31.3. The van der Waals surface area contributed by atoms with Crippen molar-refractivity contribution in [3.05, 3.63) is 121 Å². The zero-order valence-electron chi connectivity index (χ0n) is 43.4. The molecule has 10 N–H and O–H groups in total. The van der Waals surface area contributed by atoms with Crippen LogP contribution >= 0.6 is 23.5 Å². The smallest absolute Gasteiger partial charge is 0.478 e. The number of phosphoric ester groups is 1. The van der Waals surface area contributed by atoms with Gasteiger partial charge >= 0.3 is 29.4 Å². The molecule has 0 bridgehead atoms. The number of carboxylic acids is 1. The molecule has 24 nitrogen and oxygen atoms in total. The summed E-state index contributed by atoms with van der Waals surface area (Å²) in [6.45, 7) is 17.1. The Kier molecular flexibility index (Phi) is 14.6. The van der Waals surface area contributed by atoms with E-state index < -0.39 is 65.9 Å². The van der Waals surface area contributed by atoms with E-state index in [4.69, 9.17) is 25.0 Å². The van der Waals surface area contributed by atoms with E-state index in [0.717, 1.165) is 46.4 Å². The van der Waals surface area contributed by atoms with E-state index in [9.17, 15) is 48.1 Å². The second-order valence-corrected chi connectivity index (χ2v) is 24.5. The Labute approximate surface area is 445 Å². The number of nitrogens with two attached hydrogens (primary N) is 1. The van der Waals surface area contributed by atoms with Crippen LogP contribution in [-0.2, 0) is 31.6 Å². The third-order valence-corrected chi connectivity index (χ3v) is 17.7. The summed E-state index contributed by atoms with van der Waals surface area (Å²) in [5.74, 6) is 4.48. The first kappa shape index (κ1) is 56.2. The number of carboxylic acid groups (broad SMARTS) is 1. The van der Waals surface area contributed by atoms with Crippen molar-refractivity contribution < 1.29 is 75.7 Å². The van der Waals surface area contributed by atoms with Crippen molar-refractivity contribution in [2.75, 3.05) is 36.9 Å². The Bertz CT molecular complexity index is 3890. The number of fused-ring (bicyclic) bond motifs is 5. The Balaban J connectivity index is 1.02. The van der Waals surface area contributed by atoms with Crippen molar-refractivity contribution in [3.8, 4) is 23.3 Å². The number of carbonyl (C=O) groups is 2. The van der Waals surface area contributed by atoms with Crippen LogP contribution in [0, 0.1) is 11.8 Å². The monoisotopic (exact) mass is 1130 g/mol. The number of rotatable bonds is 14. The number of aliphatic hydroxyl groups excluding tert-OH is 1. The molecule has 5 atom stereocenters. The van der Waals surface area contributed by atoms with Gasteiger partial charge in [0.1, 0.15) is 30.4 Å². The molecular formula is C51H57N7O17P3+. The number of likely N-dealkylation sites (N-methyl/N-ethyl adjacent to an activating group) is 2. The highest BCUT2D eigenvalue weighted by Gasteiger charge is 2.44. The van der Waals surface area contributed by atoms with Gasteiger partial charge in [-0.05, 0) is 88.6 Å². The SMILES string of the molecule is CCN1c2cc3c(cc2C(C)=CC1(C)C)C(c1ccc(C(=O)NCC#Cc2cn([C@H]4C[C@H](O)[C@@H](COP(=O)(O)OP(=O)(O)OP(=O)(O)O)O4)c4nc(N)[nH]c(=O)c24)cc1C(=O)O)=c1cc2c(cc1O3)=[N+](CC)C(C)(C)C=C2C. The van der Waals surface area contributed by atoms with Gasteiger partial charge in [-0.2, -0.15) is 13.6 Å². The van der Waals surface area contributed by atoms with Gasteiger partial charge in [-0.15, -0.1) is 0 Å². The van der Waals surface area contributed by atoms with Gasteiger partial charge in [0.05, 0.1) is 47.4 Å². The summed E-state index contributed by atoms with van der Waals surface area (Å²) in [5, 5.41) is 26.0. The number of phosphoric acid groups is 3. The normalized spacial score (nSPS) is 20.6. The number of nitrogen functional groups attached to an aromatic ring is 1. The number of hydrogen-bond acceptors (Lipinski definition) is 15. The lowest BCUT2D eigenvalue weighted by atomic mass is 9.83. The summed E-state index contributed by atoms with van der Waals surface area (Å²) in [5.41, 5.74) is 11.2. The van der Waals surface area contributed by atoms with Gasteiger partial charge in [0, 0.05) is 77.8 Å². The molecule has 4 aliphatic rings. The molecule has 6 heterocycles. The number of aromatic nitrogens is 3. The Morgan fingerprint density at radius 3 is 2.35 bits per heavy atom. The molecular weight excluding hydrogens is 1080 g/mol. The number of aromatic carboxylic acids is 1. The molecule has 0 spiro atoms. The fourth-order valence-corrected chi connectivity index (χ4v) is 13.9. The number of allylic oxidation sites excluding steroid dienone is 2. The molecule has 3 aromatic carbocycles. The number of carbonyl (C=O) groups excluding carboxylic acids is 1. The minimum absolute atomic E-state index is 0.0216. The number of benzene rings is 3. The van der Waals surface area contributed by atoms with Gasteiger partial charge in [0.2, 0.25) is 11.3 Å². The van der Waals surface area contributed by atoms with E-state index in [-0.39, 0.29) is 57.7 Å². The van der Waals surface area contributed by atoms with E-state index in [0.29, 0.717) is 33.4 Å². The first-order chi connectivity index (χ1) is 36.4. The van der Waals surface area contributed by atoms with Crippen LogP contribution in [-0.4, -0.2) is 106 Å². The van der Waals surface area contributed by atoms with Crippen LogP contribution < -0.4 is 41.4 Å². The number of ether oxygens (including phenoxy) is 2. The lowest BCUT2D eigenvalue weighted by molar-refractivity contribution is -0.0421. The Morgan fingerprint density at radius 1 is 0.949 bits per heavy atom. The average Bonchev–Trinajstić information content (AvgIpc) is 3.82. The highest BCUT2D eigenvalue weighted by molar-refractivity contribution is 7.66. The Morgan fingerprint density at radius 2 is 1.67 bits per heavy atom. The fraction of sp³-hybridized carbons (Fsp3) is 0.353. The van der Waals surface area contributed by atoms with Crippen molar-refractivity contribution in [1.82, 2.24) is 24.4 Å². The maximum absolute atomic E-state index is 13.9. The minimum Gasteiger partial charge on any atom is -0.478 e. The molecule has 0 saturated carbocycles. The van der Waals surface area contributed by atoms with Crippen molar-refractivity contribution in [3.63, 3.8) is 0 Å². The van der Waals surface area contributed by atoms with Gasteiger partial charge in [-0.1, -0.05) is 24.0 Å². The molecule has 4 aliphatic heterocycles. The zero-order chi connectivity index (χ0) is 56.8. The number of nitrogens with one attached hydrogen (secondary N) is 2. The van der Waals surface area contributed by atoms with E-state index in [2.05, 4.69) is 129 Å². The number of anilines is 2. The molecule has 9 rings (SSSR count). The van der Waals surface area contributed by atoms with Gasteiger partial charge < -0.3 is 59.8 Å². The first-order valence-electron chi connectivity index (χ1n) is 24.4. The molecule has 5 aromatic rings. The van der Waals surface area contributed by atoms with Gasteiger partial charge in [0.15, 0.2) is 11.2 Å². The van der Waals surface area contributed by atoms with Crippen molar-refractivity contribution in [1.29, 1.82) is 0 Å². The first-order valence-corrected chi connectivity index (χ1v) is 29.0. The van der Waals surface area contributed by atoms with E-state index in [1.807, 2.05) is 12.1 Å². The number of aromatic amines is 1. The standard InChI is InChI=1S/C51H56N7O17P3/c1-9-57-36-19-39-34(17-31(36)26(3)22-50(57,5)6)44(35-18-32-27(4)23-51(7,8)58(10-2)37(32)20-40(35)72-39)30-14-13-28(16-33(30)48(62)63)46(60)53-15-11-12-29-24-56(45-43(29)47(61)55-49(52)54-45)42-21-38(59)41(73-42)25-71-77(67,68)75-78(69,70)74-76(64,65)66/h13-14,16-20,22-24,38,41-42,59H,9-10,15,21,25H2,1-8H3,(H8-,52,53,54,55,60,61,62,63,64,65,66,67,68,69,70)/p+1/t38-,41+,42+/m0/s1. The number of nitrogens with zero attached hydrogens (tertiary/aromatic N) is 4. The molecule has 0 radical (unpaired) electrons. The summed E-state index contributed by atoms with van der Waals surface area (Å²) in [4.78, 5) is 86.4. The molecule has 2 unspecified atom stereocenters. The third-order valence-electron chi connectivity index (χ3n) is 13.9. The van der Waals surface area contributed by atoms with Crippen LogP contribution in [0.4, 0.5) is 11.6 Å². The minimum atomic E-state index is -5.82. The largest absolute Gasteiger partial charge is 0.490 e. The molecule has 412 valence electrons. The van der Waals surface area contributed by atoms with Crippen molar-refractivity contribution in [2.24, 2.45) is 0 Å². The summed E-state index contributed by atoms with van der Waals surface area (Å²) >= 11 is 0. The van der Waals surface area contributed by atoms with Gasteiger partial charge in [0.25, 0.3) is 11.5 Å². The molecule has 1 saturated heterocycles. The zero-order valence-corrected chi connectivity index (χ0v) is 46.1. The highest BCUT2D eigenvalue weighted by Crippen LogP contribution is 2.66. The van der Waals surface area contributed by atoms with Crippen LogP contribution in [0.3, 0.4) is 0 Å². The third kappa shape index (κ3) is 10.8. The number of H-pyrrole nitrogens is 1. The maximum Gasteiger partial charge on any atom is 0.490 e. The van der Waals surface area contributed by atoms with Gasteiger partial charge in [-0.3, -0.25) is 19.1 Å². The van der Waals surface area contributed by atoms with E-state index in [1.165, 1.54) is 22.9 Å². The predicted molar refractivity (Wildman–Crippen MR) is 286 cm³/mol. The van der Waals surface area contributed by atoms with Crippen LogP contribution in [0.25, 0.3) is 27.8 Å². The topological polar surface area (TPSA) is 348 Å². The molecule has 1 amide bonds. The summed E-state index contributed by atoms with van der Waals surface area (Å²) in [6.07, 6.45) is 1.56. The molecule has 0 aliphatic carbocycles. The lowest BCUT2D eigenvalue weighted by Crippen LogP contribution is -2.49. The van der Waals surface area contributed by atoms with Crippen LogP contribution in [0.5, 0.6) is 11.5 Å². The second kappa shape index (κ2) is 20.3. The lowest BCUT2D eigenvalue weighted by Gasteiger charge is -2.43. The predicted octanol–water partition coefficient (Wildman–Crippen LogP) is 4.86.